The van der Waals surface area contributed by atoms with E-state index < -0.39 is 0 Å². The van der Waals surface area contributed by atoms with Gasteiger partial charge in [-0.1, -0.05) is 20.8 Å². The zero-order valence-electron chi connectivity index (χ0n) is 13.3. The molecular weight excluding hydrogens is 348 g/mol. The Kier molecular flexibility index (Phi) is 4.68. The van der Waals surface area contributed by atoms with E-state index >= 15 is 0 Å². The number of nitrogens with zero attached hydrogens (tertiary/aromatic N) is 3. The fourth-order valence-corrected chi connectivity index (χ4v) is 3.38. The van der Waals surface area contributed by atoms with Crippen LogP contribution in [0.4, 0.5) is 5.82 Å². The van der Waals surface area contributed by atoms with E-state index in [1.807, 2.05) is 19.9 Å². The Morgan fingerprint density at radius 3 is 2.38 bits per heavy atom. The number of aryl methyl sites for hydroxylation is 2. The van der Waals surface area contributed by atoms with Crippen LogP contribution >= 0.6 is 27.3 Å². The Morgan fingerprint density at radius 2 is 1.86 bits per heavy atom. The number of hydrogen-bond donors (Lipinski definition) is 1. The van der Waals surface area contributed by atoms with Gasteiger partial charge in [-0.3, -0.25) is 0 Å². The highest BCUT2D eigenvalue weighted by atomic mass is 79.9. The van der Waals surface area contributed by atoms with E-state index in [-0.39, 0.29) is 11.5 Å². The average Bonchev–Trinajstić information content (AvgIpc) is 2.66. The zero-order chi connectivity index (χ0) is 15.8. The molecule has 0 aromatic carbocycles. The van der Waals surface area contributed by atoms with E-state index in [0.717, 1.165) is 26.9 Å². The first-order chi connectivity index (χ1) is 9.66. The van der Waals surface area contributed by atoms with Gasteiger partial charge in [-0.25, -0.2) is 15.0 Å². The molecule has 0 bridgehead atoms. The van der Waals surface area contributed by atoms with E-state index in [1.54, 1.807) is 11.3 Å². The SMILES string of the molecule is Cc1nc(C)c(C(C)Nc2cc(Br)nc(C(C)(C)C)n2)s1. The van der Waals surface area contributed by atoms with Crippen LogP contribution in [0.2, 0.25) is 0 Å². The van der Waals surface area contributed by atoms with E-state index in [9.17, 15) is 0 Å². The summed E-state index contributed by atoms with van der Waals surface area (Å²) < 4.78 is 0.800. The maximum atomic E-state index is 4.64. The standard InChI is InChI=1S/C15H21BrN4S/c1-8-13(21-10(3)17-8)9(2)18-12-7-11(16)19-14(20-12)15(4,5)6/h7,9H,1-6H3,(H,18,19,20). The molecule has 2 heterocycles. The first-order valence-electron chi connectivity index (χ1n) is 6.92. The molecule has 0 aliphatic carbocycles. The summed E-state index contributed by atoms with van der Waals surface area (Å²) in [4.78, 5) is 14.8. The molecule has 2 aromatic heterocycles. The molecule has 0 amide bonds. The lowest BCUT2D eigenvalue weighted by atomic mass is 9.96. The summed E-state index contributed by atoms with van der Waals surface area (Å²) in [6.07, 6.45) is 0. The fraction of sp³-hybridized carbons (Fsp3) is 0.533. The van der Waals surface area contributed by atoms with E-state index in [0.29, 0.717) is 0 Å². The third-order valence-electron chi connectivity index (χ3n) is 3.06. The monoisotopic (exact) mass is 368 g/mol. The van der Waals surface area contributed by atoms with Crippen molar-refractivity contribution in [1.82, 2.24) is 15.0 Å². The quantitative estimate of drug-likeness (QED) is 0.791. The summed E-state index contributed by atoms with van der Waals surface area (Å²) in [6, 6.07) is 2.08. The molecule has 1 atom stereocenters. The van der Waals surface area contributed by atoms with Crippen molar-refractivity contribution in [2.24, 2.45) is 0 Å². The Balaban J connectivity index is 2.27. The van der Waals surface area contributed by atoms with Crippen molar-refractivity contribution in [3.63, 3.8) is 0 Å². The minimum atomic E-state index is -0.0829. The van der Waals surface area contributed by atoms with E-state index in [4.69, 9.17) is 0 Å². The lowest BCUT2D eigenvalue weighted by Gasteiger charge is -2.19. The van der Waals surface area contributed by atoms with Crippen LogP contribution in [0.1, 0.15) is 55.1 Å². The van der Waals surface area contributed by atoms with Crippen molar-refractivity contribution >= 4 is 33.1 Å². The number of rotatable bonds is 3. The van der Waals surface area contributed by atoms with Crippen LogP contribution in [-0.2, 0) is 5.41 Å². The first-order valence-corrected chi connectivity index (χ1v) is 8.53. The van der Waals surface area contributed by atoms with Crippen molar-refractivity contribution in [3.8, 4) is 0 Å². The first kappa shape index (κ1) is 16.4. The van der Waals surface area contributed by atoms with E-state index in [1.165, 1.54) is 4.88 Å². The molecule has 4 nitrogen and oxygen atoms in total. The van der Waals surface area contributed by atoms with Crippen LogP contribution in [0, 0.1) is 13.8 Å². The Labute approximate surface area is 138 Å². The highest BCUT2D eigenvalue weighted by Crippen LogP contribution is 2.28. The summed E-state index contributed by atoms with van der Waals surface area (Å²) >= 11 is 5.20. The number of anilines is 1. The normalized spacial score (nSPS) is 13.3. The van der Waals surface area contributed by atoms with Gasteiger partial charge in [0, 0.05) is 16.4 Å². The second-order valence-corrected chi connectivity index (χ2v) is 8.25. The van der Waals surface area contributed by atoms with Gasteiger partial charge in [0.1, 0.15) is 16.2 Å². The molecule has 0 saturated heterocycles. The van der Waals surface area contributed by atoms with Crippen LogP contribution in [0.5, 0.6) is 0 Å². The molecule has 0 aliphatic heterocycles. The molecule has 21 heavy (non-hydrogen) atoms. The van der Waals surface area contributed by atoms with Crippen LogP contribution in [-0.4, -0.2) is 15.0 Å². The second kappa shape index (κ2) is 6.01. The number of nitrogens with one attached hydrogen (secondary N) is 1. The van der Waals surface area contributed by atoms with Gasteiger partial charge in [0.05, 0.1) is 16.7 Å². The topological polar surface area (TPSA) is 50.7 Å². The van der Waals surface area contributed by atoms with Crippen molar-refractivity contribution in [2.45, 2.75) is 53.0 Å². The minimum absolute atomic E-state index is 0.0829. The van der Waals surface area contributed by atoms with Crippen molar-refractivity contribution in [2.75, 3.05) is 5.32 Å². The van der Waals surface area contributed by atoms with Gasteiger partial charge in [0.2, 0.25) is 0 Å². The molecule has 114 valence electrons. The predicted octanol–water partition coefficient (Wildman–Crippen LogP) is 4.78. The molecule has 1 unspecified atom stereocenters. The number of halogens is 1. The molecule has 0 radical (unpaired) electrons. The second-order valence-electron chi connectivity index (χ2n) is 6.20. The molecule has 6 heteroatoms. The van der Waals surface area contributed by atoms with E-state index in [2.05, 4.69) is 63.9 Å². The predicted molar refractivity (Wildman–Crippen MR) is 92.1 cm³/mol. The summed E-state index contributed by atoms with van der Waals surface area (Å²) in [7, 11) is 0. The van der Waals surface area contributed by atoms with Gasteiger partial charge in [-0.15, -0.1) is 11.3 Å². The maximum absolute atomic E-state index is 4.64. The maximum Gasteiger partial charge on any atom is 0.137 e. The summed E-state index contributed by atoms with van der Waals surface area (Å²) in [5, 5.41) is 4.55. The fourth-order valence-electron chi connectivity index (χ4n) is 2.06. The van der Waals surface area contributed by atoms with Crippen LogP contribution in [0.25, 0.3) is 0 Å². The Hall–Kier alpha value is -1.01. The lowest BCUT2D eigenvalue weighted by molar-refractivity contribution is 0.544. The number of aromatic nitrogens is 3. The largest absolute Gasteiger partial charge is 0.363 e. The summed E-state index contributed by atoms with van der Waals surface area (Å²) in [6.45, 7) is 12.5. The number of thiazole rings is 1. The van der Waals surface area contributed by atoms with Crippen LogP contribution in [0.15, 0.2) is 10.7 Å². The van der Waals surface area contributed by atoms with Gasteiger partial charge < -0.3 is 5.32 Å². The Morgan fingerprint density at radius 1 is 1.19 bits per heavy atom. The molecule has 2 aromatic rings. The highest BCUT2D eigenvalue weighted by molar-refractivity contribution is 9.10. The zero-order valence-corrected chi connectivity index (χ0v) is 15.7. The van der Waals surface area contributed by atoms with Crippen LogP contribution < -0.4 is 5.32 Å². The third-order valence-corrected chi connectivity index (χ3v) is 4.72. The van der Waals surface area contributed by atoms with Gasteiger partial charge in [-0.2, -0.15) is 0 Å². The summed E-state index contributed by atoms with van der Waals surface area (Å²) in [5.41, 5.74) is 1.00. The average molecular weight is 369 g/mol. The highest BCUT2D eigenvalue weighted by Gasteiger charge is 2.20. The van der Waals surface area contributed by atoms with Crippen molar-refractivity contribution in [1.29, 1.82) is 0 Å². The molecular formula is C15H21BrN4S. The molecule has 2 rings (SSSR count). The van der Waals surface area contributed by atoms with Gasteiger partial charge >= 0.3 is 0 Å². The Bertz CT molecular complexity index is 646. The van der Waals surface area contributed by atoms with Crippen molar-refractivity contribution < 1.29 is 0 Å². The summed E-state index contributed by atoms with van der Waals surface area (Å²) in [5.74, 6) is 1.66. The number of hydrogen-bond acceptors (Lipinski definition) is 5. The molecule has 0 spiro atoms. The van der Waals surface area contributed by atoms with Gasteiger partial charge in [0.15, 0.2) is 0 Å². The van der Waals surface area contributed by atoms with Crippen LogP contribution in [0.3, 0.4) is 0 Å². The van der Waals surface area contributed by atoms with Crippen molar-refractivity contribution in [3.05, 3.63) is 32.1 Å². The molecule has 0 aliphatic rings. The molecule has 0 fully saturated rings. The lowest BCUT2D eigenvalue weighted by Crippen LogP contribution is -2.18. The smallest absolute Gasteiger partial charge is 0.137 e. The minimum Gasteiger partial charge on any atom is -0.363 e. The molecule has 0 saturated carbocycles. The molecule has 1 N–H and O–H groups in total. The third kappa shape index (κ3) is 4.01. The van der Waals surface area contributed by atoms with Gasteiger partial charge in [0.25, 0.3) is 0 Å². The van der Waals surface area contributed by atoms with Gasteiger partial charge in [-0.05, 0) is 36.7 Å².